The molecule has 2 N–H and O–H groups in total. The molecule has 2 aromatic carbocycles. The summed E-state index contributed by atoms with van der Waals surface area (Å²) in [5, 5.41) is 6.74. The van der Waals surface area contributed by atoms with Gasteiger partial charge in [-0.2, -0.15) is 5.10 Å². The summed E-state index contributed by atoms with van der Waals surface area (Å²) in [4.78, 5) is 16.8. The van der Waals surface area contributed by atoms with Gasteiger partial charge in [0.2, 0.25) is 0 Å². The zero-order valence-corrected chi connectivity index (χ0v) is 15.9. The van der Waals surface area contributed by atoms with Crippen molar-refractivity contribution in [1.29, 1.82) is 0 Å². The Bertz CT molecular complexity index is 1270. The normalized spacial score (nSPS) is 12.0. The number of rotatable bonds is 5. The first-order valence-electron chi connectivity index (χ1n) is 8.51. The molecule has 0 aliphatic carbocycles. The van der Waals surface area contributed by atoms with Crippen LogP contribution < -0.4 is 9.62 Å². The summed E-state index contributed by atoms with van der Waals surface area (Å²) < 4.78 is 51.0. The number of nitrogens with zero attached hydrogens (tertiary/aromatic N) is 4. The highest BCUT2D eigenvalue weighted by Crippen LogP contribution is 2.29. The molecule has 2 aromatic heterocycles. The first-order chi connectivity index (χ1) is 14.4. The standard InChI is InChI=1S/C19H13F2N5O3S/c20-12-6-7-16(15(21)10-12)26(30(28)29)17-8-9-25-18(24-17)14(11-22-25)19(27)23-13-4-2-1-3-5-13/h1-11H,(H,23,27)(H,28,29). The lowest BCUT2D eigenvalue weighted by Gasteiger charge is -2.19. The second-order valence-corrected chi connectivity index (χ2v) is 6.88. The SMILES string of the molecule is O=C(Nc1ccccc1)c1cnn2ccc(N(c3ccc(F)cc3F)S(=O)O)nc12. The van der Waals surface area contributed by atoms with Gasteiger partial charge in [0, 0.05) is 24.0 Å². The van der Waals surface area contributed by atoms with Crippen LogP contribution in [0.3, 0.4) is 0 Å². The molecular formula is C19H13F2N5O3S. The predicted molar refractivity (Wildman–Crippen MR) is 107 cm³/mol. The largest absolute Gasteiger partial charge is 0.322 e. The van der Waals surface area contributed by atoms with E-state index in [-0.39, 0.29) is 22.7 Å². The molecule has 0 aliphatic heterocycles. The number of para-hydroxylation sites is 1. The Kier molecular flexibility index (Phi) is 5.21. The van der Waals surface area contributed by atoms with Crippen LogP contribution in [-0.4, -0.2) is 29.3 Å². The van der Waals surface area contributed by atoms with Crippen molar-refractivity contribution in [3.05, 3.63) is 84.2 Å². The van der Waals surface area contributed by atoms with Gasteiger partial charge in [0.1, 0.15) is 11.4 Å². The van der Waals surface area contributed by atoms with Gasteiger partial charge < -0.3 is 5.32 Å². The number of benzene rings is 2. The van der Waals surface area contributed by atoms with Gasteiger partial charge in [-0.15, -0.1) is 0 Å². The topological polar surface area (TPSA) is 99.8 Å². The average Bonchev–Trinajstić information content (AvgIpc) is 3.14. The Balaban J connectivity index is 1.75. The number of hydrogen-bond acceptors (Lipinski definition) is 4. The molecular weight excluding hydrogens is 416 g/mol. The molecule has 0 spiro atoms. The fraction of sp³-hybridized carbons (Fsp3) is 0. The maximum Gasteiger partial charge on any atom is 0.267 e. The molecule has 8 nitrogen and oxygen atoms in total. The summed E-state index contributed by atoms with van der Waals surface area (Å²) in [5.41, 5.74) is 0.385. The first kappa shape index (κ1) is 19.6. The van der Waals surface area contributed by atoms with E-state index >= 15 is 0 Å². The summed E-state index contributed by atoms with van der Waals surface area (Å²) in [6.45, 7) is 0. The predicted octanol–water partition coefficient (Wildman–Crippen LogP) is 3.53. The fourth-order valence-electron chi connectivity index (χ4n) is 2.79. The fourth-order valence-corrected chi connectivity index (χ4v) is 3.36. The summed E-state index contributed by atoms with van der Waals surface area (Å²) in [6, 6.07) is 12.6. The molecule has 0 bridgehead atoms. The molecule has 0 saturated heterocycles. The zero-order valence-electron chi connectivity index (χ0n) is 15.1. The van der Waals surface area contributed by atoms with Crippen molar-refractivity contribution in [2.24, 2.45) is 0 Å². The minimum absolute atomic E-state index is 0.0823. The lowest BCUT2D eigenvalue weighted by atomic mass is 10.2. The monoisotopic (exact) mass is 429 g/mol. The Labute approximate surface area is 171 Å². The van der Waals surface area contributed by atoms with Crippen LogP contribution in [0.15, 0.2) is 67.0 Å². The van der Waals surface area contributed by atoms with E-state index in [0.717, 1.165) is 12.1 Å². The number of hydrogen-bond donors (Lipinski definition) is 2. The van der Waals surface area contributed by atoms with Crippen LogP contribution in [-0.2, 0) is 11.3 Å². The van der Waals surface area contributed by atoms with Gasteiger partial charge in [-0.1, -0.05) is 18.2 Å². The highest BCUT2D eigenvalue weighted by molar-refractivity contribution is 7.81. The van der Waals surface area contributed by atoms with Crippen LogP contribution in [0.5, 0.6) is 0 Å². The van der Waals surface area contributed by atoms with Crippen molar-refractivity contribution in [2.75, 3.05) is 9.62 Å². The molecule has 1 atom stereocenters. The van der Waals surface area contributed by atoms with Gasteiger partial charge in [0.15, 0.2) is 17.3 Å². The molecule has 4 rings (SSSR count). The van der Waals surface area contributed by atoms with Gasteiger partial charge >= 0.3 is 0 Å². The number of halogens is 2. The summed E-state index contributed by atoms with van der Waals surface area (Å²) >= 11 is -2.72. The van der Waals surface area contributed by atoms with Gasteiger partial charge in [0.05, 0.1) is 11.9 Å². The van der Waals surface area contributed by atoms with Crippen LogP contribution >= 0.6 is 0 Å². The van der Waals surface area contributed by atoms with Crippen molar-refractivity contribution in [3.8, 4) is 0 Å². The number of carbonyl (C=O) groups excluding carboxylic acids is 1. The second kappa shape index (κ2) is 7.97. The molecule has 0 radical (unpaired) electrons. The van der Waals surface area contributed by atoms with Crippen molar-refractivity contribution in [2.45, 2.75) is 0 Å². The first-order valence-corrected chi connectivity index (χ1v) is 9.57. The average molecular weight is 429 g/mol. The molecule has 152 valence electrons. The summed E-state index contributed by atoms with van der Waals surface area (Å²) in [5.74, 6) is -2.51. The van der Waals surface area contributed by atoms with Crippen molar-refractivity contribution >= 4 is 40.0 Å². The van der Waals surface area contributed by atoms with Gasteiger partial charge in [0.25, 0.3) is 17.2 Å². The zero-order chi connectivity index (χ0) is 21.3. The number of amides is 1. The highest BCUT2D eigenvalue weighted by atomic mass is 32.2. The van der Waals surface area contributed by atoms with E-state index in [1.54, 1.807) is 30.3 Å². The van der Waals surface area contributed by atoms with Gasteiger partial charge in [-0.25, -0.2) is 26.8 Å². The molecule has 1 unspecified atom stereocenters. The van der Waals surface area contributed by atoms with Crippen LogP contribution in [0, 0.1) is 11.6 Å². The number of anilines is 3. The Morgan fingerprint density at radius 2 is 1.90 bits per heavy atom. The van der Waals surface area contributed by atoms with Crippen molar-refractivity contribution in [3.63, 3.8) is 0 Å². The second-order valence-electron chi connectivity index (χ2n) is 6.05. The quantitative estimate of drug-likeness (QED) is 0.473. The third-order valence-electron chi connectivity index (χ3n) is 4.12. The molecule has 0 fully saturated rings. The molecule has 1 amide bonds. The lowest BCUT2D eigenvalue weighted by Crippen LogP contribution is -2.22. The van der Waals surface area contributed by atoms with E-state index in [1.807, 2.05) is 0 Å². The molecule has 30 heavy (non-hydrogen) atoms. The van der Waals surface area contributed by atoms with E-state index in [0.29, 0.717) is 16.1 Å². The number of nitrogens with one attached hydrogen (secondary N) is 1. The van der Waals surface area contributed by atoms with E-state index in [4.69, 9.17) is 0 Å². The maximum absolute atomic E-state index is 14.2. The Hall–Kier alpha value is -3.70. The number of carbonyl (C=O) groups is 1. The van der Waals surface area contributed by atoms with E-state index in [9.17, 15) is 22.3 Å². The third kappa shape index (κ3) is 3.75. The molecule has 11 heteroatoms. The van der Waals surface area contributed by atoms with E-state index in [2.05, 4.69) is 15.4 Å². The summed E-state index contributed by atoms with van der Waals surface area (Å²) in [6.07, 6.45) is 2.70. The maximum atomic E-state index is 14.2. The van der Waals surface area contributed by atoms with Crippen LogP contribution in [0.1, 0.15) is 10.4 Å². The van der Waals surface area contributed by atoms with Crippen LogP contribution in [0.25, 0.3) is 5.65 Å². The Morgan fingerprint density at radius 3 is 2.60 bits per heavy atom. The molecule has 0 aliphatic rings. The third-order valence-corrected chi connectivity index (χ3v) is 4.82. The molecule has 0 saturated carbocycles. The number of fused-ring (bicyclic) bond motifs is 1. The van der Waals surface area contributed by atoms with E-state index < -0.39 is 28.8 Å². The molecule has 4 aromatic rings. The Morgan fingerprint density at radius 1 is 1.13 bits per heavy atom. The van der Waals surface area contributed by atoms with Crippen LogP contribution in [0.4, 0.5) is 26.0 Å². The minimum atomic E-state index is -2.72. The number of aromatic nitrogens is 3. The van der Waals surface area contributed by atoms with Crippen molar-refractivity contribution in [1.82, 2.24) is 14.6 Å². The summed E-state index contributed by atoms with van der Waals surface area (Å²) in [7, 11) is 0. The van der Waals surface area contributed by atoms with Crippen LogP contribution in [0.2, 0.25) is 0 Å². The lowest BCUT2D eigenvalue weighted by molar-refractivity contribution is 0.102. The van der Waals surface area contributed by atoms with Crippen molar-refractivity contribution < 1.29 is 22.3 Å². The van der Waals surface area contributed by atoms with Gasteiger partial charge in [-0.3, -0.25) is 9.35 Å². The smallest absolute Gasteiger partial charge is 0.267 e. The molecule has 2 heterocycles. The van der Waals surface area contributed by atoms with E-state index in [1.165, 1.54) is 23.0 Å². The van der Waals surface area contributed by atoms with Gasteiger partial charge in [-0.05, 0) is 24.3 Å². The highest BCUT2D eigenvalue weighted by Gasteiger charge is 2.23. The minimum Gasteiger partial charge on any atom is -0.322 e.